The number of aromatic carboxylic acids is 1. The molecule has 6 heteroatoms. The molecule has 3 N–H and O–H groups in total. The van der Waals surface area contributed by atoms with Crippen molar-refractivity contribution in [3.8, 4) is 0 Å². The van der Waals surface area contributed by atoms with Crippen LogP contribution in [0.3, 0.4) is 0 Å². The molecule has 5 nitrogen and oxygen atoms in total. The molecule has 0 aromatic heterocycles. The number of carbonyl (C=O) groups excluding carboxylic acids is 1. The number of hydrogen-bond acceptors (Lipinski definition) is 2. The molecule has 118 valence electrons. The summed E-state index contributed by atoms with van der Waals surface area (Å²) in [4.78, 5) is 22.4. The summed E-state index contributed by atoms with van der Waals surface area (Å²) >= 11 is 5.86. The SMILES string of the molecule is O=C(N/C=C/c1cccc(Cl)c1)NCc1ccc(C(=O)O)cc1. The lowest BCUT2D eigenvalue weighted by Crippen LogP contribution is -2.31. The first-order valence-electron chi connectivity index (χ1n) is 6.83. The lowest BCUT2D eigenvalue weighted by Gasteiger charge is -2.05. The molecule has 0 spiro atoms. The van der Waals surface area contributed by atoms with Gasteiger partial charge < -0.3 is 15.7 Å². The van der Waals surface area contributed by atoms with E-state index in [1.807, 2.05) is 12.1 Å². The summed E-state index contributed by atoms with van der Waals surface area (Å²) in [6.45, 7) is 0.302. The van der Waals surface area contributed by atoms with Gasteiger partial charge in [0, 0.05) is 17.8 Å². The highest BCUT2D eigenvalue weighted by Gasteiger charge is 2.02. The highest BCUT2D eigenvalue weighted by Crippen LogP contribution is 2.11. The van der Waals surface area contributed by atoms with E-state index in [-0.39, 0.29) is 11.6 Å². The van der Waals surface area contributed by atoms with Gasteiger partial charge in [-0.3, -0.25) is 0 Å². The molecule has 2 rings (SSSR count). The maximum Gasteiger partial charge on any atom is 0.335 e. The highest BCUT2D eigenvalue weighted by atomic mass is 35.5. The molecule has 0 saturated heterocycles. The molecule has 0 aliphatic heterocycles. The van der Waals surface area contributed by atoms with E-state index in [1.165, 1.54) is 18.3 Å². The van der Waals surface area contributed by atoms with E-state index in [4.69, 9.17) is 16.7 Å². The third-order valence-corrected chi connectivity index (χ3v) is 3.23. The number of carboxylic acid groups (broad SMARTS) is 1. The molecule has 2 amide bonds. The minimum atomic E-state index is -0.978. The minimum Gasteiger partial charge on any atom is -0.478 e. The van der Waals surface area contributed by atoms with Crippen LogP contribution < -0.4 is 10.6 Å². The van der Waals surface area contributed by atoms with E-state index in [9.17, 15) is 9.59 Å². The Morgan fingerprint density at radius 1 is 1.13 bits per heavy atom. The van der Waals surface area contributed by atoms with Crippen LogP contribution in [0.1, 0.15) is 21.5 Å². The van der Waals surface area contributed by atoms with Crippen LogP contribution in [0.25, 0.3) is 6.08 Å². The molecule has 0 unspecified atom stereocenters. The third-order valence-electron chi connectivity index (χ3n) is 2.99. The lowest BCUT2D eigenvalue weighted by molar-refractivity contribution is 0.0697. The number of carboxylic acids is 1. The van der Waals surface area contributed by atoms with E-state index in [0.29, 0.717) is 11.6 Å². The Hall–Kier alpha value is -2.79. The molecule has 0 aliphatic rings. The predicted octanol–water partition coefficient (Wildman–Crippen LogP) is 3.51. The maximum atomic E-state index is 11.7. The smallest absolute Gasteiger partial charge is 0.335 e. The van der Waals surface area contributed by atoms with Crippen molar-refractivity contribution in [2.45, 2.75) is 6.54 Å². The fourth-order valence-electron chi connectivity index (χ4n) is 1.82. The van der Waals surface area contributed by atoms with Gasteiger partial charge in [-0.1, -0.05) is 35.9 Å². The zero-order valence-electron chi connectivity index (χ0n) is 12.1. The number of halogens is 1. The van der Waals surface area contributed by atoms with E-state index in [0.717, 1.165) is 11.1 Å². The predicted molar refractivity (Wildman–Crippen MR) is 89.3 cm³/mol. The van der Waals surface area contributed by atoms with Gasteiger partial charge in [0.05, 0.1) is 5.56 Å². The zero-order chi connectivity index (χ0) is 16.7. The normalized spacial score (nSPS) is 10.5. The molecule has 0 bridgehead atoms. The second-order valence-corrected chi connectivity index (χ2v) is 5.15. The summed E-state index contributed by atoms with van der Waals surface area (Å²) in [7, 11) is 0. The van der Waals surface area contributed by atoms with Crippen LogP contribution in [0, 0.1) is 0 Å². The highest BCUT2D eigenvalue weighted by molar-refractivity contribution is 6.30. The van der Waals surface area contributed by atoms with Crippen molar-refractivity contribution < 1.29 is 14.7 Å². The quantitative estimate of drug-likeness (QED) is 0.785. The summed E-state index contributed by atoms with van der Waals surface area (Å²) in [6.07, 6.45) is 3.25. The number of rotatable bonds is 5. The maximum absolute atomic E-state index is 11.7. The van der Waals surface area contributed by atoms with Gasteiger partial charge >= 0.3 is 12.0 Å². The Labute approximate surface area is 138 Å². The molecular weight excluding hydrogens is 316 g/mol. The molecular formula is C17H15ClN2O3. The van der Waals surface area contributed by atoms with Crippen molar-refractivity contribution in [1.82, 2.24) is 10.6 Å². The Kier molecular flexibility index (Phi) is 5.77. The summed E-state index contributed by atoms with van der Waals surface area (Å²) in [5.41, 5.74) is 1.90. The van der Waals surface area contributed by atoms with Crippen LogP contribution in [0.4, 0.5) is 4.79 Å². The van der Waals surface area contributed by atoms with Gasteiger partial charge in [0.2, 0.25) is 0 Å². The van der Waals surface area contributed by atoms with Gasteiger partial charge in [-0.2, -0.15) is 0 Å². The Morgan fingerprint density at radius 2 is 1.87 bits per heavy atom. The molecule has 0 heterocycles. The third kappa shape index (κ3) is 5.48. The minimum absolute atomic E-state index is 0.211. The summed E-state index contributed by atoms with van der Waals surface area (Å²) in [5.74, 6) is -0.978. The van der Waals surface area contributed by atoms with Gasteiger partial charge in [-0.05, 0) is 41.5 Å². The van der Waals surface area contributed by atoms with Crippen molar-refractivity contribution in [3.05, 3.63) is 76.4 Å². The standard InChI is InChI=1S/C17H15ClN2O3/c18-15-3-1-2-12(10-15)8-9-19-17(23)20-11-13-4-6-14(7-5-13)16(21)22/h1-10H,11H2,(H,21,22)(H2,19,20,23)/b9-8+. The first-order valence-corrected chi connectivity index (χ1v) is 7.21. The Morgan fingerprint density at radius 3 is 2.52 bits per heavy atom. The summed E-state index contributed by atoms with van der Waals surface area (Å²) < 4.78 is 0. The molecule has 2 aromatic rings. The van der Waals surface area contributed by atoms with Crippen LogP contribution in [0.2, 0.25) is 5.02 Å². The lowest BCUT2D eigenvalue weighted by atomic mass is 10.1. The van der Waals surface area contributed by atoms with Crippen molar-refractivity contribution in [2.75, 3.05) is 0 Å². The van der Waals surface area contributed by atoms with Gasteiger partial charge in [0.1, 0.15) is 0 Å². The molecule has 0 aliphatic carbocycles. The van der Waals surface area contributed by atoms with Crippen molar-refractivity contribution >= 4 is 29.7 Å². The number of carbonyl (C=O) groups is 2. The van der Waals surface area contributed by atoms with E-state index in [1.54, 1.807) is 30.3 Å². The monoisotopic (exact) mass is 330 g/mol. The molecule has 0 saturated carbocycles. The largest absolute Gasteiger partial charge is 0.478 e. The molecule has 2 aromatic carbocycles. The van der Waals surface area contributed by atoms with Gasteiger partial charge in [0.25, 0.3) is 0 Å². The van der Waals surface area contributed by atoms with E-state index in [2.05, 4.69) is 10.6 Å². The second kappa shape index (κ2) is 8.00. The van der Waals surface area contributed by atoms with Gasteiger partial charge in [-0.25, -0.2) is 9.59 Å². The summed E-state index contributed by atoms with van der Waals surface area (Å²) in [5, 5.41) is 14.7. The Balaban J connectivity index is 1.79. The number of nitrogens with one attached hydrogen (secondary N) is 2. The second-order valence-electron chi connectivity index (χ2n) is 4.72. The fourth-order valence-corrected chi connectivity index (χ4v) is 2.02. The molecule has 0 fully saturated rings. The number of benzene rings is 2. The average molecular weight is 331 g/mol. The molecule has 0 radical (unpaired) electrons. The molecule has 23 heavy (non-hydrogen) atoms. The van der Waals surface area contributed by atoms with E-state index < -0.39 is 5.97 Å². The van der Waals surface area contributed by atoms with Gasteiger partial charge in [-0.15, -0.1) is 0 Å². The fraction of sp³-hybridized carbons (Fsp3) is 0.0588. The first kappa shape index (κ1) is 16.6. The van der Waals surface area contributed by atoms with Crippen LogP contribution >= 0.6 is 11.6 Å². The first-order chi connectivity index (χ1) is 11.0. The van der Waals surface area contributed by atoms with Crippen molar-refractivity contribution in [3.63, 3.8) is 0 Å². The Bertz CT molecular complexity index is 727. The van der Waals surface area contributed by atoms with E-state index >= 15 is 0 Å². The van der Waals surface area contributed by atoms with Crippen molar-refractivity contribution in [1.29, 1.82) is 0 Å². The zero-order valence-corrected chi connectivity index (χ0v) is 12.9. The average Bonchev–Trinajstić information content (AvgIpc) is 2.53. The van der Waals surface area contributed by atoms with Crippen LogP contribution in [-0.2, 0) is 6.54 Å². The number of amides is 2. The van der Waals surface area contributed by atoms with Crippen molar-refractivity contribution in [2.24, 2.45) is 0 Å². The topological polar surface area (TPSA) is 78.4 Å². The van der Waals surface area contributed by atoms with Crippen LogP contribution in [0.15, 0.2) is 54.7 Å². The number of urea groups is 1. The number of hydrogen-bond donors (Lipinski definition) is 3. The van der Waals surface area contributed by atoms with Gasteiger partial charge in [0.15, 0.2) is 0 Å². The summed E-state index contributed by atoms with van der Waals surface area (Å²) in [6, 6.07) is 13.2. The molecule has 0 atom stereocenters. The van der Waals surface area contributed by atoms with Crippen LogP contribution in [-0.4, -0.2) is 17.1 Å². The van der Waals surface area contributed by atoms with Crippen LogP contribution in [0.5, 0.6) is 0 Å².